The second kappa shape index (κ2) is 7.65. The van der Waals surface area contributed by atoms with Crippen molar-refractivity contribution >= 4 is 17.9 Å². The normalized spacial score (nSPS) is 13.4. The van der Waals surface area contributed by atoms with Crippen LogP contribution in [0.2, 0.25) is 0 Å². The predicted molar refractivity (Wildman–Crippen MR) is 58.0 cm³/mol. The summed E-state index contributed by atoms with van der Waals surface area (Å²) in [5, 5.41) is 0. The highest BCUT2D eigenvalue weighted by molar-refractivity contribution is 5.67. The van der Waals surface area contributed by atoms with Crippen LogP contribution in [-0.4, -0.2) is 36.7 Å². The van der Waals surface area contributed by atoms with E-state index in [2.05, 4.69) is 0 Å². The first kappa shape index (κ1) is 15.4. The van der Waals surface area contributed by atoms with Crippen molar-refractivity contribution in [2.75, 3.05) is 6.61 Å². The average molecular weight is 246 g/mol. The van der Waals surface area contributed by atoms with Crippen molar-refractivity contribution in [1.82, 2.24) is 0 Å². The van der Waals surface area contributed by atoms with Gasteiger partial charge in [0.15, 0.2) is 0 Å². The molecule has 98 valence electrons. The van der Waals surface area contributed by atoms with Gasteiger partial charge in [0, 0.05) is 27.2 Å². The molecule has 0 spiro atoms. The molecule has 0 radical (unpaired) electrons. The van der Waals surface area contributed by atoms with Crippen molar-refractivity contribution in [1.29, 1.82) is 0 Å². The van der Waals surface area contributed by atoms with Crippen LogP contribution in [0.25, 0.3) is 0 Å². The van der Waals surface area contributed by atoms with E-state index in [9.17, 15) is 14.4 Å². The number of carbonyl (C=O) groups excluding carboxylic acids is 3. The molecule has 0 amide bonds. The van der Waals surface area contributed by atoms with E-state index in [0.717, 1.165) is 0 Å². The third kappa shape index (κ3) is 9.35. The summed E-state index contributed by atoms with van der Waals surface area (Å²) in [7, 11) is 0. The van der Waals surface area contributed by atoms with Crippen LogP contribution in [0.5, 0.6) is 0 Å². The van der Waals surface area contributed by atoms with Gasteiger partial charge in [0.1, 0.15) is 18.8 Å². The van der Waals surface area contributed by atoms with Gasteiger partial charge in [0.05, 0.1) is 0 Å². The van der Waals surface area contributed by atoms with Crippen LogP contribution < -0.4 is 0 Å². The molecule has 0 bridgehead atoms. The number of hydrogen-bond acceptors (Lipinski definition) is 6. The minimum absolute atomic E-state index is 0.0412. The molecule has 0 aromatic heterocycles. The largest absolute Gasteiger partial charge is 0.463 e. The molecule has 0 aliphatic rings. The Balaban J connectivity index is 4.21. The topological polar surface area (TPSA) is 78.9 Å². The van der Waals surface area contributed by atoms with Gasteiger partial charge in [-0.15, -0.1) is 0 Å². The highest BCUT2D eigenvalue weighted by Gasteiger charge is 2.19. The number of carbonyl (C=O) groups is 3. The third-order valence-electron chi connectivity index (χ3n) is 1.77. The highest BCUT2D eigenvalue weighted by Crippen LogP contribution is 2.08. The van der Waals surface area contributed by atoms with Crippen LogP contribution in [0.1, 0.15) is 34.1 Å². The molecule has 0 aromatic rings. The molecule has 0 N–H and O–H groups in total. The average Bonchev–Trinajstić information content (AvgIpc) is 2.11. The van der Waals surface area contributed by atoms with E-state index >= 15 is 0 Å². The number of ether oxygens (including phenoxy) is 3. The number of hydrogen-bond donors (Lipinski definition) is 0. The van der Waals surface area contributed by atoms with E-state index in [1.807, 2.05) is 0 Å². The Bertz CT molecular complexity index is 286. The molecular weight excluding hydrogens is 228 g/mol. The van der Waals surface area contributed by atoms with Crippen molar-refractivity contribution < 1.29 is 28.6 Å². The Morgan fingerprint density at radius 1 is 0.941 bits per heavy atom. The first-order chi connectivity index (χ1) is 7.81. The highest BCUT2D eigenvalue weighted by atomic mass is 16.6. The van der Waals surface area contributed by atoms with Gasteiger partial charge in [-0.1, -0.05) is 0 Å². The summed E-state index contributed by atoms with van der Waals surface area (Å²) in [6.45, 7) is 5.45. The minimum atomic E-state index is -0.606. The summed E-state index contributed by atoms with van der Waals surface area (Å²) < 4.78 is 14.6. The zero-order valence-corrected chi connectivity index (χ0v) is 10.5. The molecule has 0 aliphatic heterocycles. The fourth-order valence-electron chi connectivity index (χ4n) is 1.30. The molecule has 0 heterocycles. The van der Waals surface area contributed by atoms with Gasteiger partial charge in [-0.2, -0.15) is 0 Å². The molecule has 2 atom stereocenters. The molecule has 0 aromatic carbocycles. The second-order valence-electron chi connectivity index (χ2n) is 3.69. The maximum absolute atomic E-state index is 10.8. The van der Waals surface area contributed by atoms with Gasteiger partial charge < -0.3 is 14.2 Å². The molecule has 0 aliphatic carbocycles. The fraction of sp³-hybridized carbons (Fsp3) is 0.727. The first-order valence-corrected chi connectivity index (χ1v) is 5.29. The molecule has 0 fully saturated rings. The van der Waals surface area contributed by atoms with E-state index < -0.39 is 30.1 Å². The fourth-order valence-corrected chi connectivity index (χ4v) is 1.30. The second-order valence-corrected chi connectivity index (χ2v) is 3.69. The lowest BCUT2D eigenvalue weighted by Gasteiger charge is -2.20. The van der Waals surface area contributed by atoms with Gasteiger partial charge >= 0.3 is 17.9 Å². The molecule has 0 rings (SSSR count). The summed E-state index contributed by atoms with van der Waals surface area (Å²) in [5.74, 6) is -1.34. The monoisotopic (exact) mass is 246 g/mol. The van der Waals surface area contributed by atoms with Crippen molar-refractivity contribution in [3.05, 3.63) is 0 Å². The van der Waals surface area contributed by atoms with Crippen LogP contribution in [0, 0.1) is 0 Å². The molecule has 17 heavy (non-hydrogen) atoms. The standard InChI is InChI=1S/C11H18O6/c1-7(16-9(3)13)5-11(17-10(4)14)6-15-8(2)12/h7,11H,5-6H2,1-4H3. The Morgan fingerprint density at radius 2 is 1.47 bits per heavy atom. The van der Waals surface area contributed by atoms with Crippen LogP contribution in [0.15, 0.2) is 0 Å². The van der Waals surface area contributed by atoms with E-state index in [4.69, 9.17) is 14.2 Å². The van der Waals surface area contributed by atoms with E-state index in [1.54, 1.807) is 6.92 Å². The smallest absolute Gasteiger partial charge is 0.303 e. The Kier molecular flexibility index (Phi) is 6.93. The lowest BCUT2D eigenvalue weighted by Crippen LogP contribution is -2.29. The quantitative estimate of drug-likeness (QED) is 0.510. The van der Waals surface area contributed by atoms with Crippen LogP contribution >= 0.6 is 0 Å². The maximum Gasteiger partial charge on any atom is 0.303 e. The predicted octanol–water partition coefficient (Wildman–Crippen LogP) is 0.823. The zero-order valence-electron chi connectivity index (χ0n) is 10.5. The van der Waals surface area contributed by atoms with Crippen molar-refractivity contribution in [3.8, 4) is 0 Å². The van der Waals surface area contributed by atoms with Gasteiger partial charge in [0.25, 0.3) is 0 Å². The first-order valence-electron chi connectivity index (χ1n) is 5.29. The van der Waals surface area contributed by atoms with Crippen LogP contribution in [0.3, 0.4) is 0 Å². The van der Waals surface area contributed by atoms with E-state index in [1.165, 1.54) is 20.8 Å². The molecule has 6 heteroatoms. The Labute approximate surface area is 100 Å². The zero-order chi connectivity index (χ0) is 13.4. The van der Waals surface area contributed by atoms with Crippen molar-refractivity contribution in [3.63, 3.8) is 0 Å². The van der Waals surface area contributed by atoms with Gasteiger partial charge in [-0.25, -0.2) is 0 Å². The van der Waals surface area contributed by atoms with E-state index in [-0.39, 0.29) is 13.0 Å². The SMILES string of the molecule is CC(=O)OCC(CC(C)OC(C)=O)OC(C)=O. The number of esters is 3. The summed E-state index contributed by atoms with van der Waals surface area (Å²) in [6.07, 6.45) is -0.731. The molecule has 0 saturated heterocycles. The Hall–Kier alpha value is -1.59. The van der Waals surface area contributed by atoms with Crippen molar-refractivity contribution in [2.45, 2.75) is 46.3 Å². The molecule has 6 nitrogen and oxygen atoms in total. The van der Waals surface area contributed by atoms with Crippen molar-refractivity contribution in [2.24, 2.45) is 0 Å². The summed E-state index contributed by atoms with van der Waals surface area (Å²) in [6, 6.07) is 0. The van der Waals surface area contributed by atoms with Gasteiger partial charge in [0.2, 0.25) is 0 Å². The number of rotatable bonds is 6. The molecule has 0 saturated carbocycles. The summed E-state index contributed by atoms with van der Waals surface area (Å²) in [4.78, 5) is 32.2. The summed E-state index contributed by atoms with van der Waals surface area (Å²) >= 11 is 0. The maximum atomic E-state index is 10.8. The molecular formula is C11H18O6. The Morgan fingerprint density at radius 3 is 1.88 bits per heavy atom. The van der Waals surface area contributed by atoms with Gasteiger partial charge in [-0.3, -0.25) is 14.4 Å². The van der Waals surface area contributed by atoms with Crippen LogP contribution in [-0.2, 0) is 28.6 Å². The lowest BCUT2D eigenvalue weighted by atomic mass is 10.2. The minimum Gasteiger partial charge on any atom is -0.463 e. The lowest BCUT2D eigenvalue weighted by molar-refractivity contribution is -0.160. The summed E-state index contributed by atoms with van der Waals surface area (Å²) in [5.41, 5.74) is 0. The van der Waals surface area contributed by atoms with E-state index in [0.29, 0.717) is 0 Å². The third-order valence-corrected chi connectivity index (χ3v) is 1.77. The van der Waals surface area contributed by atoms with Crippen LogP contribution in [0.4, 0.5) is 0 Å². The molecule has 2 unspecified atom stereocenters. The van der Waals surface area contributed by atoms with Gasteiger partial charge in [-0.05, 0) is 6.92 Å².